The van der Waals surface area contributed by atoms with Gasteiger partial charge in [-0.15, -0.1) is 0 Å². The number of rotatable bonds is 4. The summed E-state index contributed by atoms with van der Waals surface area (Å²) in [5, 5.41) is 2.66. The molecular weight excluding hydrogens is 323 g/mol. The quantitative estimate of drug-likeness (QED) is 0.873. The average Bonchev–Trinajstić information content (AvgIpc) is 2.44. The van der Waals surface area contributed by atoms with Crippen LogP contribution < -0.4 is 11.1 Å². The molecule has 20 heavy (non-hydrogen) atoms. The van der Waals surface area contributed by atoms with Gasteiger partial charge < -0.3 is 11.1 Å². The molecule has 0 unspecified atom stereocenters. The fourth-order valence-corrected chi connectivity index (χ4v) is 3.24. The number of carbonyl (C=O) groups excluding carboxylic acids is 1. The van der Waals surface area contributed by atoms with Crippen LogP contribution in [0.15, 0.2) is 22.7 Å². The van der Waals surface area contributed by atoms with E-state index in [1.807, 2.05) is 0 Å². The first-order valence-corrected chi connectivity index (χ1v) is 7.79. The summed E-state index contributed by atoms with van der Waals surface area (Å²) in [4.78, 5) is 12.2. The number of carbonyl (C=O) groups is 1. The highest BCUT2D eigenvalue weighted by molar-refractivity contribution is 9.10. The Labute approximate surface area is 127 Å². The highest BCUT2D eigenvalue weighted by Gasteiger charge is 2.33. The third kappa shape index (κ3) is 3.79. The van der Waals surface area contributed by atoms with E-state index in [1.165, 1.54) is 12.5 Å². The fourth-order valence-electron chi connectivity index (χ4n) is 2.88. The molecule has 1 fully saturated rings. The molecule has 110 valence electrons. The van der Waals surface area contributed by atoms with Gasteiger partial charge in [-0.1, -0.05) is 35.2 Å². The lowest BCUT2D eigenvalue weighted by Gasteiger charge is -2.35. The van der Waals surface area contributed by atoms with Crippen molar-refractivity contribution in [2.75, 3.05) is 11.9 Å². The molecule has 0 saturated heterocycles. The summed E-state index contributed by atoms with van der Waals surface area (Å²) in [6.45, 7) is 0.515. The Kier molecular flexibility index (Phi) is 5.16. The lowest BCUT2D eigenvalue weighted by molar-refractivity contribution is -0.118. The minimum Gasteiger partial charge on any atom is -0.330 e. The van der Waals surface area contributed by atoms with Gasteiger partial charge in [-0.05, 0) is 43.0 Å². The van der Waals surface area contributed by atoms with Crippen molar-refractivity contribution >= 4 is 27.5 Å². The first kappa shape index (κ1) is 15.4. The van der Waals surface area contributed by atoms with Gasteiger partial charge in [-0.3, -0.25) is 4.79 Å². The van der Waals surface area contributed by atoms with Gasteiger partial charge in [0.25, 0.3) is 0 Å². The van der Waals surface area contributed by atoms with Crippen molar-refractivity contribution in [3.05, 3.63) is 28.5 Å². The van der Waals surface area contributed by atoms with Crippen LogP contribution in [0.4, 0.5) is 10.1 Å². The fraction of sp³-hybridized carbons (Fsp3) is 0.533. The monoisotopic (exact) mass is 342 g/mol. The summed E-state index contributed by atoms with van der Waals surface area (Å²) in [7, 11) is 0. The number of anilines is 1. The van der Waals surface area contributed by atoms with Crippen molar-refractivity contribution < 1.29 is 9.18 Å². The number of nitrogens with one attached hydrogen (secondary N) is 1. The van der Waals surface area contributed by atoms with Crippen LogP contribution in [0.1, 0.15) is 38.5 Å². The molecule has 1 amide bonds. The standard InChI is InChI=1S/C15H20BrFN2O/c16-11-4-5-12(17)13(8-11)19-14(20)9-15(10-18)6-2-1-3-7-15/h4-5,8H,1-3,6-7,9-10,18H2,(H,19,20). The maximum Gasteiger partial charge on any atom is 0.225 e. The van der Waals surface area contributed by atoms with Crippen LogP contribution in [-0.2, 0) is 4.79 Å². The highest BCUT2D eigenvalue weighted by atomic mass is 79.9. The summed E-state index contributed by atoms with van der Waals surface area (Å²) in [6.07, 6.45) is 5.79. The molecule has 0 bridgehead atoms. The van der Waals surface area contributed by atoms with E-state index < -0.39 is 5.82 Å². The Morgan fingerprint density at radius 3 is 2.70 bits per heavy atom. The number of amides is 1. The van der Waals surface area contributed by atoms with E-state index >= 15 is 0 Å². The summed E-state index contributed by atoms with van der Waals surface area (Å²) in [5.74, 6) is -0.582. The van der Waals surface area contributed by atoms with Gasteiger partial charge in [0, 0.05) is 10.9 Å². The van der Waals surface area contributed by atoms with Crippen LogP contribution >= 0.6 is 15.9 Å². The first-order valence-electron chi connectivity index (χ1n) is 7.00. The Morgan fingerprint density at radius 1 is 1.35 bits per heavy atom. The SMILES string of the molecule is NCC1(CC(=O)Nc2cc(Br)ccc2F)CCCCC1. The summed E-state index contributed by atoms with van der Waals surface area (Å²) < 4.78 is 14.4. The van der Waals surface area contributed by atoms with E-state index in [-0.39, 0.29) is 17.0 Å². The predicted octanol–water partition coefficient (Wildman–Crippen LogP) is 3.83. The minimum absolute atomic E-state index is 0.106. The molecule has 0 aromatic heterocycles. The number of hydrogen-bond donors (Lipinski definition) is 2. The van der Waals surface area contributed by atoms with Crippen LogP contribution in [-0.4, -0.2) is 12.5 Å². The van der Waals surface area contributed by atoms with Crippen LogP contribution in [0.25, 0.3) is 0 Å². The lowest BCUT2D eigenvalue weighted by atomic mass is 9.71. The molecule has 1 aromatic carbocycles. The molecule has 0 spiro atoms. The molecule has 0 aliphatic heterocycles. The van der Waals surface area contributed by atoms with Gasteiger partial charge in [-0.2, -0.15) is 0 Å². The van der Waals surface area contributed by atoms with Gasteiger partial charge >= 0.3 is 0 Å². The largest absolute Gasteiger partial charge is 0.330 e. The van der Waals surface area contributed by atoms with E-state index in [9.17, 15) is 9.18 Å². The minimum atomic E-state index is -0.424. The molecule has 3 nitrogen and oxygen atoms in total. The highest BCUT2D eigenvalue weighted by Crippen LogP contribution is 2.38. The Morgan fingerprint density at radius 2 is 2.05 bits per heavy atom. The van der Waals surface area contributed by atoms with E-state index in [1.54, 1.807) is 12.1 Å². The topological polar surface area (TPSA) is 55.1 Å². The normalized spacial score (nSPS) is 17.8. The Balaban J connectivity index is 2.02. The van der Waals surface area contributed by atoms with Crippen molar-refractivity contribution in [1.29, 1.82) is 0 Å². The molecule has 5 heteroatoms. The second-order valence-electron chi connectivity index (χ2n) is 5.61. The van der Waals surface area contributed by atoms with Gasteiger partial charge in [0.2, 0.25) is 5.91 Å². The maximum absolute atomic E-state index is 13.6. The molecule has 0 atom stereocenters. The second-order valence-corrected chi connectivity index (χ2v) is 6.53. The molecule has 2 rings (SSSR count). The van der Waals surface area contributed by atoms with E-state index in [0.29, 0.717) is 13.0 Å². The van der Waals surface area contributed by atoms with Crippen molar-refractivity contribution in [2.24, 2.45) is 11.1 Å². The number of nitrogens with two attached hydrogens (primary N) is 1. The first-order chi connectivity index (χ1) is 9.54. The molecular formula is C15H20BrFN2O. The van der Waals surface area contributed by atoms with E-state index in [4.69, 9.17) is 5.73 Å². The van der Waals surface area contributed by atoms with Crippen molar-refractivity contribution in [3.8, 4) is 0 Å². The molecule has 1 aliphatic rings. The lowest BCUT2D eigenvalue weighted by Crippen LogP contribution is -2.36. The zero-order valence-electron chi connectivity index (χ0n) is 11.4. The second kappa shape index (κ2) is 6.68. The van der Waals surface area contributed by atoms with Gasteiger partial charge in [-0.25, -0.2) is 4.39 Å². The van der Waals surface area contributed by atoms with E-state index in [0.717, 1.165) is 30.2 Å². The summed E-state index contributed by atoms with van der Waals surface area (Å²) >= 11 is 3.27. The molecule has 1 aliphatic carbocycles. The average molecular weight is 343 g/mol. The van der Waals surface area contributed by atoms with Gasteiger partial charge in [0.05, 0.1) is 5.69 Å². The molecule has 1 aromatic rings. The van der Waals surface area contributed by atoms with Crippen LogP contribution in [0.3, 0.4) is 0 Å². The van der Waals surface area contributed by atoms with Crippen LogP contribution in [0.2, 0.25) is 0 Å². The van der Waals surface area contributed by atoms with Gasteiger partial charge in [0.15, 0.2) is 0 Å². The molecule has 0 radical (unpaired) electrons. The maximum atomic E-state index is 13.6. The smallest absolute Gasteiger partial charge is 0.225 e. The van der Waals surface area contributed by atoms with Crippen LogP contribution in [0, 0.1) is 11.2 Å². The summed E-state index contributed by atoms with van der Waals surface area (Å²) in [5.41, 5.74) is 5.98. The zero-order valence-corrected chi connectivity index (χ0v) is 13.0. The molecule has 1 saturated carbocycles. The number of hydrogen-bond acceptors (Lipinski definition) is 2. The third-order valence-electron chi connectivity index (χ3n) is 4.09. The predicted molar refractivity (Wildman–Crippen MR) is 81.9 cm³/mol. The summed E-state index contributed by atoms with van der Waals surface area (Å²) in [6, 6.07) is 4.51. The van der Waals surface area contributed by atoms with Crippen molar-refractivity contribution in [2.45, 2.75) is 38.5 Å². The zero-order chi connectivity index (χ0) is 14.6. The van der Waals surface area contributed by atoms with Crippen molar-refractivity contribution in [1.82, 2.24) is 0 Å². The molecule has 3 N–H and O–H groups in total. The Hall–Kier alpha value is -0.940. The molecule has 0 heterocycles. The third-order valence-corrected chi connectivity index (χ3v) is 4.58. The Bertz CT molecular complexity index is 487. The number of benzene rings is 1. The van der Waals surface area contributed by atoms with Gasteiger partial charge in [0.1, 0.15) is 5.82 Å². The number of halogens is 2. The van der Waals surface area contributed by atoms with E-state index in [2.05, 4.69) is 21.2 Å². The van der Waals surface area contributed by atoms with Crippen molar-refractivity contribution in [3.63, 3.8) is 0 Å². The van der Waals surface area contributed by atoms with Crippen LogP contribution in [0.5, 0.6) is 0 Å².